The Bertz CT molecular complexity index is 199. The number of nitrogens with zero attached hydrogens (tertiary/aromatic N) is 1. The number of rotatable bonds is 2. The van der Waals surface area contributed by atoms with Crippen molar-refractivity contribution >= 4 is 5.91 Å². The predicted molar refractivity (Wildman–Crippen MR) is 44.9 cm³/mol. The lowest BCUT2D eigenvalue weighted by Gasteiger charge is -2.24. The lowest BCUT2D eigenvalue weighted by Crippen LogP contribution is -2.27. The van der Waals surface area contributed by atoms with Crippen LogP contribution in [0.2, 0.25) is 0 Å². The number of nitriles is 1. The molecule has 1 saturated carbocycles. The molecular formula is C9H14N2O. The van der Waals surface area contributed by atoms with Gasteiger partial charge in [-0.15, -0.1) is 0 Å². The molecule has 1 fully saturated rings. The summed E-state index contributed by atoms with van der Waals surface area (Å²) >= 11 is 0. The molecular weight excluding hydrogens is 152 g/mol. The number of hydrogen-bond acceptors (Lipinski definition) is 2. The van der Waals surface area contributed by atoms with E-state index in [1.165, 1.54) is 0 Å². The number of carbonyl (C=O) groups is 1. The highest BCUT2D eigenvalue weighted by Crippen LogP contribution is 2.30. The van der Waals surface area contributed by atoms with Crippen LogP contribution >= 0.6 is 0 Å². The molecule has 0 aromatic carbocycles. The highest BCUT2D eigenvalue weighted by atomic mass is 16.1. The van der Waals surface area contributed by atoms with E-state index in [-0.39, 0.29) is 11.8 Å². The SMILES string of the molecule is N#CCC1CCC(C(N)=O)CC1. The van der Waals surface area contributed by atoms with Gasteiger partial charge in [0.1, 0.15) is 0 Å². The Kier molecular flexibility index (Phi) is 3.09. The molecule has 2 N–H and O–H groups in total. The van der Waals surface area contributed by atoms with Crippen LogP contribution in [0.4, 0.5) is 0 Å². The van der Waals surface area contributed by atoms with Crippen molar-refractivity contribution < 1.29 is 4.79 Å². The van der Waals surface area contributed by atoms with Crippen molar-refractivity contribution in [2.75, 3.05) is 0 Å². The van der Waals surface area contributed by atoms with Gasteiger partial charge in [0, 0.05) is 12.3 Å². The van der Waals surface area contributed by atoms with Crippen molar-refractivity contribution in [3.63, 3.8) is 0 Å². The summed E-state index contributed by atoms with van der Waals surface area (Å²) in [4.78, 5) is 10.8. The van der Waals surface area contributed by atoms with Gasteiger partial charge in [0.25, 0.3) is 0 Å². The largest absolute Gasteiger partial charge is 0.369 e. The van der Waals surface area contributed by atoms with E-state index < -0.39 is 0 Å². The first-order chi connectivity index (χ1) is 5.74. The van der Waals surface area contributed by atoms with Crippen LogP contribution in [0.5, 0.6) is 0 Å². The van der Waals surface area contributed by atoms with Gasteiger partial charge in [0.15, 0.2) is 0 Å². The molecule has 1 rings (SSSR count). The molecule has 0 aromatic rings. The Morgan fingerprint density at radius 2 is 2.00 bits per heavy atom. The molecule has 0 unspecified atom stereocenters. The van der Waals surface area contributed by atoms with Crippen molar-refractivity contribution in [3.8, 4) is 6.07 Å². The first-order valence-corrected chi connectivity index (χ1v) is 4.40. The molecule has 1 amide bonds. The monoisotopic (exact) mass is 166 g/mol. The van der Waals surface area contributed by atoms with Gasteiger partial charge < -0.3 is 5.73 Å². The highest BCUT2D eigenvalue weighted by molar-refractivity contribution is 5.76. The van der Waals surface area contributed by atoms with E-state index in [4.69, 9.17) is 11.0 Å². The molecule has 0 bridgehead atoms. The maximum Gasteiger partial charge on any atom is 0.220 e. The van der Waals surface area contributed by atoms with Gasteiger partial charge in [0.05, 0.1) is 6.07 Å². The Morgan fingerprint density at radius 3 is 2.42 bits per heavy atom. The molecule has 0 spiro atoms. The second-order valence-electron chi connectivity index (χ2n) is 3.48. The van der Waals surface area contributed by atoms with Gasteiger partial charge in [0.2, 0.25) is 5.91 Å². The zero-order valence-electron chi connectivity index (χ0n) is 7.12. The van der Waals surface area contributed by atoms with Gasteiger partial charge in [-0.25, -0.2) is 0 Å². The van der Waals surface area contributed by atoms with Crippen LogP contribution in [-0.2, 0) is 4.79 Å². The van der Waals surface area contributed by atoms with Gasteiger partial charge in [-0.3, -0.25) is 4.79 Å². The van der Waals surface area contributed by atoms with E-state index in [0.717, 1.165) is 25.7 Å². The van der Waals surface area contributed by atoms with Gasteiger partial charge in [-0.05, 0) is 31.6 Å². The second kappa shape index (κ2) is 4.10. The van der Waals surface area contributed by atoms with E-state index in [9.17, 15) is 4.79 Å². The summed E-state index contributed by atoms with van der Waals surface area (Å²) in [5, 5.41) is 8.45. The Hall–Kier alpha value is -1.04. The normalized spacial score (nSPS) is 29.2. The van der Waals surface area contributed by atoms with E-state index >= 15 is 0 Å². The maximum atomic E-state index is 10.8. The van der Waals surface area contributed by atoms with Crippen LogP contribution in [0.15, 0.2) is 0 Å². The molecule has 0 saturated heterocycles. The fourth-order valence-electron chi connectivity index (χ4n) is 1.78. The maximum absolute atomic E-state index is 10.8. The third-order valence-electron chi connectivity index (χ3n) is 2.63. The summed E-state index contributed by atoms with van der Waals surface area (Å²) in [6.07, 6.45) is 4.36. The lowest BCUT2D eigenvalue weighted by molar-refractivity contribution is -0.122. The van der Waals surface area contributed by atoms with Crippen LogP contribution in [0.3, 0.4) is 0 Å². The number of carbonyl (C=O) groups excluding carboxylic acids is 1. The molecule has 0 aromatic heterocycles. The molecule has 0 radical (unpaired) electrons. The topological polar surface area (TPSA) is 66.9 Å². The number of amides is 1. The van der Waals surface area contributed by atoms with Crippen LogP contribution in [0.1, 0.15) is 32.1 Å². The fourth-order valence-corrected chi connectivity index (χ4v) is 1.78. The average molecular weight is 166 g/mol. The van der Waals surface area contributed by atoms with Crippen molar-refractivity contribution in [1.82, 2.24) is 0 Å². The van der Waals surface area contributed by atoms with Crippen molar-refractivity contribution in [1.29, 1.82) is 5.26 Å². The smallest absolute Gasteiger partial charge is 0.220 e. The van der Waals surface area contributed by atoms with Crippen molar-refractivity contribution in [2.24, 2.45) is 17.6 Å². The van der Waals surface area contributed by atoms with E-state index in [1.54, 1.807) is 0 Å². The molecule has 3 heteroatoms. The minimum Gasteiger partial charge on any atom is -0.369 e. The van der Waals surface area contributed by atoms with Crippen molar-refractivity contribution in [2.45, 2.75) is 32.1 Å². The molecule has 0 aliphatic heterocycles. The molecule has 1 aliphatic carbocycles. The highest BCUT2D eigenvalue weighted by Gasteiger charge is 2.24. The standard InChI is InChI=1S/C9H14N2O/c10-6-5-7-1-3-8(4-2-7)9(11)12/h7-8H,1-5H2,(H2,11,12). The first kappa shape index (κ1) is 9.05. The van der Waals surface area contributed by atoms with Crippen LogP contribution in [0, 0.1) is 23.2 Å². The molecule has 0 heterocycles. The van der Waals surface area contributed by atoms with Crippen molar-refractivity contribution in [3.05, 3.63) is 0 Å². The van der Waals surface area contributed by atoms with Gasteiger partial charge in [-0.1, -0.05) is 0 Å². The Labute approximate surface area is 72.5 Å². The van der Waals surface area contributed by atoms with E-state index in [2.05, 4.69) is 6.07 Å². The Balaban J connectivity index is 2.30. The minimum absolute atomic E-state index is 0.0694. The Morgan fingerprint density at radius 1 is 1.42 bits per heavy atom. The third kappa shape index (κ3) is 2.23. The lowest BCUT2D eigenvalue weighted by atomic mass is 9.80. The van der Waals surface area contributed by atoms with Gasteiger partial charge in [-0.2, -0.15) is 5.26 Å². The minimum atomic E-state index is -0.176. The second-order valence-corrected chi connectivity index (χ2v) is 3.48. The molecule has 3 nitrogen and oxygen atoms in total. The summed E-state index contributed by atoms with van der Waals surface area (Å²) in [5.41, 5.74) is 5.18. The molecule has 1 aliphatic rings. The zero-order chi connectivity index (χ0) is 8.97. The summed E-state index contributed by atoms with van der Waals surface area (Å²) < 4.78 is 0. The summed E-state index contributed by atoms with van der Waals surface area (Å²) in [6.45, 7) is 0. The van der Waals surface area contributed by atoms with E-state index in [1.807, 2.05) is 0 Å². The first-order valence-electron chi connectivity index (χ1n) is 4.40. The van der Waals surface area contributed by atoms with Crippen LogP contribution in [0.25, 0.3) is 0 Å². The predicted octanol–water partition coefficient (Wildman–Crippen LogP) is 1.19. The third-order valence-corrected chi connectivity index (χ3v) is 2.63. The molecule has 12 heavy (non-hydrogen) atoms. The number of primary amides is 1. The quantitative estimate of drug-likeness (QED) is 0.669. The number of nitrogens with two attached hydrogens (primary N) is 1. The van der Waals surface area contributed by atoms with E-state index in [0.29, 0.717) is 12.3 Å². The average Bonchev–Trinajstić information content (AvgIpc) is 2.06. The molecule has 66 valence electrons. The van der Waals surface area contributed by atoms with Crippen LogP contribution < -0.4 is 5.73 Å². The summed E-state index contributed by atoms with van der Waals surface area (Å²) in [7, 11) is 0. The molecule has 0 atom stereocenters. The van der Waals surface area contributed by atoms with Crippen LogP contribution in [-0.4, -0.2) is 5.91 Å². The zero-order valence-corrected chi connectivity index (χ0v) is 7.12. The van der Waals surface area contributed by atoms with Gasteiger partial charge >= 0.3 is 0 Å². The summed E-state index contributed by atoms with van der Waals surface area (Å²) in [6, 6.07) is 2.17. The fraction of sp³-hybridized carbons (Fsp3) is 0.778. The summed E-state index contributed by atoms with van der Waals surface area (Å²) in [5.74, 6) is 0.399. The number of hydrogen-bond donors (Lipinski definition) is 1.